The van der Waals surface area contributed by atoms with Crippen LogP contribution in [0.25, 0.3) is 0 Å². The van der Waals surface area contributed by atoms with Gasteiger partial charge >= 0.3 is 5.97 Å². The molecule has 148 valence electrons. The second-order valence-electron chi connectivity index (χ2n) is 5.91. The van der Waals surface area contributed by atoms with Crippen molar-refractivity contribution in [2.75, 3.05) is 21.6 Å². The highest BCUT2D eigenvalue weighted by atomic mass is 32.2. The number of rotatable bonds is 6. The number of esters is 1. The average molecular weight is 405 g/mol. The van der Waals surface area contributed by atoms with Crippen LogP contribution >= 0.6 is 0 Å². The molecule has 0 aliphatic carbocycles. The molecule has 0 aliphatic heterocycles. The standard InChI is InChI=1S/C18H19N3O6S/c1-11(22)19-13-4-7-15(8-5-13)27-18(24)16-10-14(20-12(2)23)6-9-17(16)21-28(3,25)26/h4-10,21H,1-3H3,(H,19,22)(H,20,23). The Morgan fingerprint density at radius 3 is 1.93 bits per heavy atom. The Hall–Kier alpha value is -3.40. The van der Waals surface area contributed by atoms with Crippen molar-refractivity contribution in [1.29, 1.82) is 0 Å². The van der Waals surface area contributed by atoms with Gasteiger partial charge in [0.2, 0.25) is 21.8 Å². The topological polar surface area (TPSA) is 131 Å². The minimum atomic E-state index is -3.64. The number of hydrogen-bond acceptors (Lipinski definition) is 6. The second kappa shape index (κ2) is 8.53. The van der Waals surface area contributed by atoms with Gasteiger partial charge in [0.15, 0.2) is 0 Å². The van der Waals surface area contributed by atoms with E-state index in [1.807, 2.05) is 0 Å². The molecule has 0 saturated carbocycles. The highest BCUT2D eigenvalue weighted by molar-refractivity contribution is 7.92. The van der Waals surface area contributed by atoms with Crippen molar-refractivity contribution in [3.63, 3.8) is 0 Å². The molecule has 9 nitrogen and oxygen atoms in total. The van der Waals surface area contributed by atoms with E-state index in [0.717, 1.165) is 6.26 Å². The van der Waals surface area contributed by atoms with Gasteiger partial charge in [0.1, 0.15) is 5.75 Å². The first-order chi connectivity index (χ1) is 13.0. The van der Waals surface area contributed by atoms with Gasteiger partial charge in [-0.25, -0.2) is 13.2 Å². The summed E-state index contributed by atoms with van der Waals surface area (Å²) in [5.41, 5.74) is 0.762. The van der Waals surface area contributed by atoms with Crippen LogP contribution in [0.5, 0.6) is 5.75 Å². The Morgan fingerprint density at radius 2 is 1.39 bits per heavy atom. The average Bonchev–Trinajstić information content (AvgIpc) is 2.55. The van der Waals surface area contributed by atoms with Crippen molar-refractivity contribution < 1.29 is 27.5 Å². The van der Waals surface area contributed by atoms with Crippen LogP contribution in [-0.4, -0.2) is 32.5 Å². The molecule has 2 rings (SSSR count). The number of anilines is 3. The normalized spacial score (nSPS) is 10.7. The summed E-state index contributed by atoms with van der Waals surface area (Å²) < 4.78 is 30.6. The summed E-state index contributed by atoms with van der Waals surface area (Å²) in [7, 11) is -3.64. The maximum absolute atomic E-state index is 12.6. The van der Waals surface area contributed by atoms with Crippen LogP contribution < -0.4 is 20.1 Å². The van der Waals surface area contributed by atoms with E-state index in [2.05, 4.69) is 15.4 Å². The van der Waals surface area contributed by atoms with Gasteiger partial charge < -0.3 is 15.4 Å². The maximum Gasteiger partial charge on any atom is 0.345 e. The Labute approximate surface area is 162 Å². The van der Waals surface area contributed by atoms with Gasteiger partial charge in [-0.3, -0.25) is 14.3 Å². The summed E-state index contributed by atoms with van der Waals surface area (Å²) in [5.74, 6) is -1.23. The fraction of sp³-hybridized carbons (Fsp3) is 0.167. The predicted molar refractivity (Wildman–Crippen MR) is 105 cm³/mol. The lowest BCUT2D eigenvalue weighted by atomic mass is 10.1. The molecule has 0 saturated heterocycles. The van der Waals surface area contributed by atoms with E-state index < -0.39 is 16.0 Å². The van der Waals surface area contributed by atoms with Crippen molar-refractivity contribution in [2.24, 2.45) is 0 Å². The second-order valence-corrected chi connectivity index (χ2v) is 7.66. The molecule has 0 heterocycles. The zero-order valence-electron chi connectivity index (χ0n) is 15.4. The third kappa shape index (κ3) is 6.40. The van der Waals surface area contributed by atoms with Gasteiger partial charge in [0.05, 0.1) is 17.5 Å². The van der Waals surface area contributed by atoms with Crippen molar-refractivity contribution in [3.05, 3.63) is 48.0 Å². The van der Waals surface area contributed by atoms with Crippen LogP contribution in [0, 0.1) is 0 Å². The number of ether oxygens (including phenoxy) is 1. The van der Waals surface area contributed by atoms with Gasteiger partial charge in [-0.05, 0) is 42.5 Å². The van der Waals surface area contributed by atoms with Crippen LogP contribution in [0.1, 0.15) is 24.2 Å². The van der Waals surface area contributed by atoms with E-state index >= 15 is 0 Å². The monoisotopic (exact) mass is 405 g/mol. The van der Waals surface area contributed by atoms with Crippen LogP contribution in [0.3, 0.4) is 0 Å². The molecule has 28 heavy (non-hydrogen) atoms. The third-order valence-electron chi connectivity index (χ3n) is 3.24. The highest BCUT2D eigenvalue weighted by Gasteiger charge is 2.18. The molecule has 0 aromatic heterocycles. The molecule has 0 atom stereocenters. The smallest absolute Gasteiger partial charge is 0.345 e. The molecule has 0 aliphatic rings. The first-order valence-corrected chi connectivity index (χ1v) is 9.92. The number of amides is 2. The summed E-state index contributed by atoms with van der Waals surface area (Å²) in [4.78, 5) is 34.9. The Balaban J connectivity index is 2.30. The summed E-state index contributed by atoms with van der Waals surface area (Å²) >= 11 is 0. The zero-order valence-corrected chi connectivity index (χ0v) is 16.2. The van der Waals surface area contributed by atoms with E-state index in [9.17, 15) is 22.8 Å². The molecule has 0 radical (unpaired) electrons. The van der Waals surface area contributed by atoms with Gasteiger partial charge in [0, 0.05) is 25.2 Å². The Kier molecular flexibility index (Phi) is 6.37. The molecular formula is C18H19N3O6S. The number of carbonyl (C=O) groups is 3. The molecular weight excluding hydrogens is 386 g/mol. The largest absolute Gasteiger partial charge is 0.423 e. The summed E-state index contributed by atoms with van der Waals surface area (Å²) in [6, 6.07) is 10.2. The van der Waals surface area contributed by atoms with Crippen LogP contribution in [0.2, 0.25) is 0 Å². The van der Waals surface area contributed by atoms with E-state index in [1.165, 1.54) is 44.2 Å². The number of hydrogen-bond donors (Lipinski definition) is 3. The van der Waals surface area contributed by atoms with Crippen molar-refractivity contribution in [1.82, 2.24) is 0 Å². The highest BCUT2D eigenvalue weighted by Crippen LogP contribution is 2.24. The molecule has 0 spiro atoms. The molecule has 2 aromatic rings. The lowest BCUT2D eigenvalue weighted by Crippen LogP contribution is -2.17. The summed E-state index contributed by atoms with van der Waals surface area (Å²) in [5, 5.41) is 5.10. The molecule has 10 heteroatoms. The molecule has 0 bridgehead atoms. The molecule has 0 unspecified atom stereocenters. The fourth-order valence-corrected chi connectivity index (χ4v) is 2.83. The summed E-state index contributed by atoms with van der Waals surface area (Å²) in [6.07, 6.45) is 0.949. The van der Waals surface area contributed by atoms with Crippen molar-refractivity contribution in [3.8, 4) is 5.75 Å². The fourth-order valence-electron chi connectivity index (χ4n) is 2.25. The van der Waals surface area contributed by atoms with Crippen LogP contribution in [-0.2, 0) is 19.6 Å². The first kappa shape index (κ1) is 20.9. The Morgan fingerprint density at radius 1 is 0.857 bits per heavy atom. The quantitative estimate of drug-likeness (QED) is 0.499. The molecule has 2 amide bonds. The predicted octanol–water partition coefficient (Wildman–Crippen LogP) is 2.19. The third-order valence-corrected chi connectivity index (χ3v) is 3.83. The van der Waals surface area contributed by atoms with E-state index in [1.54, 1.807) is 12.1 Å². The van der Waals surface area contributed by atoms with E-state index in [4.69, 9.17) is 4.74 Å². The van der Waals surface area contributed by atoms with Gasteiger partial charge in [-0.1, -0.05) is 0 Å². The van der Waals surface area contributed by atoms with Crippen molar-refractivity contribution >= 4 is 44.9 Å². The van der Waals surface area contributed by atoms with E-state index in [0.29, 0.717) is 11.4 Å². The van der Waals surface area contributed by atoms with Crippen molar-refractivity contribution in [2.45, 2.75) is 13.8 Å². The maximum atomic E-state index is 12.6. The molecule has 2 aromatic carbocycles. The van der Waals surface area contributed by atoms with E-state index in [-0.39, 0.29) is 28.8 Å². The minimum Gasteiger partial charge on any atom is -0.423 e. The van der Waals surface area contributed by atoms with Crippen LogP contribution in [0.15, 0.2) is 42.5 Å². The molecule has 3 N–H and O–H groups in total. The van der Waals surface area contributed by atoms with Gasteiger partial charge in [-0.15, -0.1) is 0 Å². The zero-order chi connectivity index (χ0) is 20.9. The summed E-state index contributed by atoms with van der Waals surface area (Å²) in [6.45, 7) is 2.67. The number of carbonyl (C=O) groups excluding carboxylic acids is 3. The van der Waals surface area contributed by atoms with Gasteiger partial charge in [-0.2, -0.15) is 0 Å². The number of nitrogens with one attached hydrogen (secondary N) is 3. The SMILES string of the molecule is CC(=O)Nc1ccc(OC(=O)c2cc(NC(C)=O)ccc2NS(C)(=O)=O)cc1. The number of sulfonamides is 1. The number of benzene rings is 2. The lowest BCUT2D eigenvalue weighted by Gasteiger charge is -2.13. The lowest BCUT2D eigenvalue weighted by molar-refractivity contribution is -0.115. The Bertz CT molecular complexity index is 1020. The first-order valence-electron chi connectivity index (χ1n) is 8.03. The van der Waals surface area contributed by atoms with Crippen LogP contribution in [0.4, 0.5) is 17.1 Å². The minimum absolute atomic E-state index is 0.0106. The molecule has 0 fully saturated rings. The van der Waals surface area contributed by atoms with Gasteiger partial charge in [0.25, 0.3) is 0 Å².